The maximum Gasteiger partial charge on any atom is 0.324 e. The maximum atomic E-state index is 12.4. The predicted molar refractivity (Wildman–Crippen MR) is 126 cm³/mol. The highest BCUT2D eigenvalue weighted by molar-refractivity contribution is 7.18. The van der Waals surface area contributed by atoms with Gasteiger partial charge in [0.2, 0.25) is 5.91 Å². The van der Waals surface area contributed by atoms with Gasteiger partial charge in [0, 0.05) is 31.7 Å². The smallest absolute Gasteiger partial charge is 0.324 e. The number of rotatable bonds is 7. The number of hydrogen-bond donors (Lipinski definition) is 3. The molecule has 8 heteroatoms. The SMILES string of the molecule is O=C(Nc1ccccc1)Nc1ccc(C(=O)NCCCC(=O)N2Cc3ccccc3C2)s1. The Bertz CT molecular complexity index is 1090. The molecular weight excluding hydrogens is 424 g/mol. The molecule has 0 atom stereocenters. The van der Waals surface area contributed by atoms with Crippen molar-refractivity contribution in [1.29, 1.82) is 0 Å². The first-order valence-corrected chi connectivity index (χ1v) is 11.3. The van der Waals surface area contributed by atoms with E-state index in [-0.39, 0.29) is 17.8 Å². The van der Waals surface area contributed by atoms with Gasteiger partial charge in [0.15, 0.2) is 0 Å². The molecule has 0 fully saturated rings. The molecule has 0 unspecified atom stereocenters. The Morgan fingerprint density at radius 1 is 0.844 bits per heavy atom. The number of carbonyl (C=O) groups is 3. The topological polar surface area (TPSA) is 90.5 Å². The molecule has 1 aromatic heterocycles. The number of nitrogens with zero attached hydrogens (tertiary/aromatic N) is 1. The second-order valence-corrected chi connectivity index (χ2v) is 8.57. The lowest BCUT2D eigenvalue weighted by Crippen LogP contribution is -2.28. The minimum Gasteiger partial charge on any atom is -0.351 e. The highest BCUT2D eigenvalue weighted by atomic mass is 32.1. The molecule has 2 aromatic carbocycles. The number of urea groups is 1. The van der Waals surface area contributed by atoms with Crippen LogP contribution in [0.1, 0.15) is 33.6 Å². The number of carbonyl (C=O) groups excluding carboxylic acids is 3. The molecule has 3 aromatic rings. The lowest BCUT2D eigenvalue weighted by molar-refractivity contribution is -0.131. The molecular formula is C24H24N4O3S. The van der Waals surface area contributed by atoms with Crippen LogP contribution in [0.5, 0.6) is 0 Å². The first kappa shape index (κ1) is 21.6. The first-order chi connectivity index (χ1) is 15.6. The summed E-state index contributed by atoms with van der Waals surface area (Å²) in [6, 6.07) is 20.2. The van der Waals surface area contributed by atoms with Crippen molar-refractivity contribution in [1.82, 2.24) is 10.2 Å². The Kier molecular flexibility index (Phi) is 6.81. The van der Waals surface area contributed by atoms with Crippen molar-refractivity contribution in [3.8, 4) is 0 Å². The average Bonchev–Trinajstić information content (AvgIpc) is 3.44. The standard InChI is InChI=1S/C24H24N4O3S/c29-22(28-15-17-7-4-5-8-18(17)16-28)11-6-14-25-23(30)20-12-13-21(32-20)27-24(31)26-19-9-2-1-3-10-19/h1-5,7-10,12-13H,6,11,14-16H2,(H,25,30)(H2,26,27,31). The lowest BCUT2D eigenvalue weighted by atomic mass is 10.1. The lowest BCUT2D eigenvalue weighted by Gasteiger charge is -2.15. The van der Waals surface area contributed by atoms with Gasteiger partial charge in [-0.05, 0) is 41.8 Å². The van der Waals surface area contributed by atoms with Gasteiger partial charge in [-0.3, -0.25) is 14.9 Å². The van der Waals surface area contributed by atoms with E-state index in [0.29, 0.717) is 48.0 Å². The summed E-state index contributed by atoms with van der Waals surface area (Å²) in [7, 11) is 0. The fourth-order valence-electron chi connectivity index (χ4n) is 3.52. The molecule has 0 spiro atoms. The zero-order chi connectivity index (χ0) is 22.3. The monoisotopic (exact) mass is 448 g/mol. The van der Waals surface area contributed by atoms with Crippen LogP contribution in [0.2, 0.25) is 0 Å². The summed E-state index contributed by atoms with van der Waals surface area (Å²) in [5.41, 5.74) is 3.09. The van der Waals surface area contributed by atoms with Crippen LogP contribution in [0.25, 0.3) is 0 Å². The van der Waals surface area contributed by atoms with Crippen molar-refractivity contribution in [2.75, 3.05) is 17.2 Å². The van der Waals surface area contributed by atoms with Crippen LogP contribution in [0.15, 0.2) is 66.7 Å². The van der Waals surface area contributed by atoms with E-state index >= 15 is 0 Å². The van der Waals surface area contributed by atoms with Crippen LogP contribution < -0.4 is 16.0 Å². The Morgan fingerprint density at radius 3 is 2.25 bits per heavy atom. The molecule has 32 heavy (non-hydrogen) atoms. The third kappa shape index (κ3) is 5.53. The summed E-state index contributed by atoms with van der Waals surface area (Å²) < 4.78 is 0. The number of hydrogen-bond acceptors (Lipinski definition) is 4. The molecule has 0 radical (unpaired) electrons. The average molecular weight is 449 g/mol. The molecule has 164 valence electrons. The summed E-state index contributed by atoms with van der Waals surface area (Å²) in [6.07, 6.45) is 0.971. The zero-order valence-electron chi connectivity index (χ0n) is 17.5. The molecule has 0 aliphatic carbocycles. The van der Waals surface area contributed by atoms with Crippen LogP contribution in [0, 0.1) is 0 Å². The number of para-hydroxylation sites is 1. The van der Waals surface area contributed by atoms with Crippen molar-refractivity contribution >= 4 is 39.9 Å². The van der Waals surface area contributed by atoms with E-state index in [9.17, 15) is 14.4 Å². The van der Waals surface area contributed by atoms with Crippen LogP contribution in [0.3, 0.4) is 0 Å². The van der Waals surface area contributed by atoms with E-state index in [1.807, 2.05) is 35.2 Å². The van der Waals surface area contributed by atoms with Crippen molar-refractivity contribution in [2.45, 2.75) is 25.9 Å². The molecule has 0 saturated heterocycles. The molecule has 0 saturated carbocycles. The van der Waals surface area contributed by atoms with Gasteiger partial charge in [-0.25, -0.2) is 4.79 Å². The second kappa shape index (κ2) is 10.1. The highest BCUT2D eigenvalue weighted by Gasteiger charge is 2.22. The third-order valence-electron chi connectivity index (χ3n) is 5.14. The minimum absolute atomic E-state index is 0.0995. The fourth-order valence-corrected chi connectivity index (χ4v) is 4.34. The number of fused-ring (bicyclic) bond motifs is 1. The van der Waals surface area contributed by atoms with E-state index in [1.165, 1.54) is 22.5 Å². The number of amides is 4. The van der Waals surface area contributed by atoms with Crippen LogP contribution in [0.4, 0.5) is 15.5 Å². The normalized spacial score (nSPS) is 12.2. The van der Waals surface area contributed by atoms with E-state index in [1.54, 1.807) is 24.3 Å². The zero-order valence-corrected chi connectivity index (χ0v) is 18.3. The van der Waals surface area contributed by atoms with Gasteiger partial charge >= 0.3 is 6.03 Å². The van der Waals surface area contributed by atoms with Crippen molar-refractivity contribution in [2.24, 2.45) is 0 Å². The first-order valence-electron chi connectivity index (χ1n) is 10.4. The van der Waals surface area contributed by atoms with Crippen molar-refractivity contribution in [3.63, 3.8) is 0 Å². The van der Waals surface area contributed by atoms with Gasteiger partial charge in [-0.1, -0.05) is 42.5 Å². The van der Waals surface area contributed by atoms with Crippen LogP contribution in [-0.2, 0) is 17.9 Å². The van der Waals surface area contributed by atoms with E-state index in [2.05, 4.69) is 28.1 Å². The van der Waals surface area contributed by atoms with Gasteiger partial charge < -0.3 is 15.5 Å². The van der Waals surface area contributed by atoms with Crippen molar-refractivity contribution < 1.29 is 14.4 Å². The minimum atomic E-state index is -0.368. The number of nitrogens with one attached hydrogen (secondary N) is 3. The molecule has 4 rings (SSSR count). The fraction of sp³-hybridized carbons (Fsp3) is 0.208. The van der Waals surface area contributed by atoms with Crippen LogP contribution >= 0.6 is 11.3 Å². The van der Waals surface area contributed by atoms with E-state index < -0.39 is 0 Å². The van der Waals surface area contributed by atoms with Gasteiger partial charge in [0.05, 0.1) is 9.88 Å². The Hall–Kier alpha value is -3.65. The largest absolute Gasteiger partial charge is 0.351 e. The molecule has 2 heterocycles. The summed E-state index contributed by atoms with van der Waals surface area (Å²) in [5, 5.41) is 8.87. The van der Waals surface area contributed by atoms with E-state index in [4.69, 9.17) is 0 Å². The Balaban J connectivity index is 1.17. The molecule has 7 nitrogen and oxygen atoms in total. The summed E-state index contributed by atoms with van der Waals surface area (Å²) >= 11 is 1.20. The summed E-state index contributed by atoms with van der Waals surface area (Å²) in [4.78, 5) is 39.2. The third-order valence-corrected chi connectivity index (χ3v) is 6.14. The summed E-state index contributed by atoms with van der Waals surface area (Å²) in [6.45, 7) is 1.73. The quantitative estimate of drug-likeness (QED) is 0.467. The Labute approximate surface area is 190 Å². The predicted octanol–water partition coefficient (Wildman–Crippen LogP) is 4.44. The molecule has 0 bridgehead atoms. The Morgan fingerprint density at radius 2 is 1.53 bits per heavy atom. The second-order valence-electron chi connectivity index (χ2n) is 7.49. The highest BCUT2D eigenvalue weighted by Crippen LogP contribution is 2.23. The molecule has 3 N–H and O–H groups in total. The molecule has 4 amide bonds. The van der Waals surface area contributed by atoms with E-state index in [0.717, 1.165) is 0 Å². The number of benzene rings is 2. The molecule has 1 aliphatic heterocycles. The van der Waals surface area contributed by atoms with Gasteiger partial charge in [0.1, 0.15) is 0 Å². The number of anilines is 2. The van der Waals surface area contributed by atoms with Crippen LogP contribution in [-0.4, -0.2) is 29.3 Å². The van der Waals surface area contributed by atoms with Gasteiger partial charge in [-0.15, -0.1) is 11.3 Å². The van der Waals surface area contributed by atoms with Crippen molar-refractivity contribution in [3.05, 3.63) is 82.7 Å². The number of thiophene rings is 1. The molecule has 1 aliphatic rings. The summed E-state index contributed by atoms with van der Waals surface area (Å²) in [5.74, 6) is -0.116. The maximum absolute atomic E-state index is 12.4. The van der Waals surface area contributed by atoms with Gasteiger partial charge in [-0.2, -0.15) is 0 Å². The van der Waals surface area contributed by atoms with Gasteiger partial charge in [0.25, 0.3) is 5.91 Å².